The fraction of sp³-hybridized carbons (Fsp3) is 0.350. The molecule has 2 N–H and O–H groups in total. The number of anilines is 1. The molecule has 0 spiro atoms. The number of piperazine rings is 1. The van der Waals surface area contributed by atoms with E-state index in [2.05, 4.69) is 22.3 Å². The maximum atomic E-state index is 13.7. The van der Waals surface area contributed by atoms with E-state index in [1.54, 1.807) is 13.0 Å². The quantitative estimate of drug-likeness (QED) is 0.787. The molecule has 27 heavy (non-hydrogen) atoms. The second kappa shape index (κ2) is 7.70. The van der Waals surface area contributed by atoms with Gasteiger partial charge < -0.3 is 24.6 Å². The van der Waals surface area contributed by atoms with Crippen molar-refractivity contribution in [1.82, 2.24) is 4.90 Å². The third-order valence-electron chi connectivity index (χ3n) is 5.07. The minimum Gasteiger partial charge on any atom is -0.454 e. The van der Waals surface area contributed by atoms with Gasteiger partial charge >= 0.3 is 0 Å². The lowest BCUT2D eigenvalue weighted by atomic mass is 10.1. The monoisotopic (exact) mass is 388 g/mol. The van der Waals surface area contributed by atoms with E-state index in [1.807, 2.05) is 12.1 Å². The van der Waals surface area contributed by atoms with Gasteiger partial charge in [0.15, 0.2) is 16.6 Å². The highest BCUT2D eigenvalue weighted by atomic mass is 32.1. The first-order valence-electron chi connectivity index (χ1n) is 9.13. The first-order valence-corrected chi connectivity index (χ1v) is 9.53. The summed E-state index contributed by atoms with van der Waals surface area (Å²) in [7, 11) is 0. The molecule has 142 valence electrons. The predicted molar refractivity (Wildman–Crippen MR) is 106 cm³/mol. The number of fused-ring (bicyclic) bond motifs is 1. The molecule has 2 aromatic rings. The van der Waals surface area contributed by atoms with Gasteiger partial charge in [-0.2, -0.15) is 0 Å². The molecule has 0 radical (unpaired) electrons. The summed E-state index contributed by atoms with van der Waals surface area (Å²) < 4.78 is 24.5. The summed E-state index contributed by atoms with van der Waals surface area (Å²) in [5, 5.41) is 3.80. The van der Waals surface area contributed by atoms with Gasteiger partial charge in [0.05, 0.1) is 26.2 Å². The molecule has 0 aromatic heterocycles. The Bertz CT molecular complexity index is 853. The van der Waals surface area contributed by atoms with Crippen LogP contribution in [-0.4, -0.2) is 43.0 Å². The average Bonchev–Trinajstić information content (AvgIpc) is 3.13. The molecule has 0 aliphatic carbocycles. The van der Waals surface area contributed by atoms with Crippen LogP contribution in [-0.2, 0) is 6.54 Å². The Kier molecular flexibility index (Phi) is 5.13. The Morgan fingerprint density at radius 3 is 2.70 bits per heavy atom. The van der Waals surface area contributed by atoms with Gasteiger partial charge in [-0.1, -0.05) is 6.07 Å². The molecule has 2 aliphatic rings. The SMILES string of the molecule is Cc1ccc(NC(=S)N2CC[NH+](Cc3ccc4c(c3)OCO4)CC2)cc1F. The molecule has 0 amide bonds. The molecule has 2 heterocycles. The van der Waals surface area contributed by atoms with Crippen LogP contribution < -0.4 is 19.7 Å². The number of hydrogen-bond acceptors (Lipinski definition) is 3. The van der Waals surface area contributed by atoms with Gasteiger partial charge in [0, 0.05) is 11.3 Å². The van der Waals surface area contributed by atoms with Crippen LogP contribution in [0.4, 0.5) is 10.1 Å². The zero-order chi connectivity index (χ0) is 18.8. The van der Waals surface area contributed by atoms with Crippen molar-refractivity contribution in [2.75, 3.05) is 38.3 Å². The van der Waals surface area contributed by atoms with Crippen LogP contribution in [0.3, 0.4) is 0 Å². The Labute approximate surface area is 163 Å². The largest absolute Gasteiger partial charge is 0.454 e. The second-order valence-electron chi connectivity index (χ2n) is 7.00. The molecule has 0 bridgehead atoms. The number of aryl methyl sites for hydroxylation is 1. The number of nitrogens with one attached hydrogen (secondary N) is 2. The van der Waals surface area contributed by atoms with E-state index in [1.165, 1.54) is 16.5 Å². The van der Waals surface area contributed by atoms with Crippen LogP contribution in [0, 0.1) is 12.7 Å². The Morgan fingerprint density at radius 1 is 1.15 bits per heavy atom. The topological polar surface area (TPSA) is 38.2 Å². The third kappa shape index (κ3) is 4.14. The maximum absolute atomic E-state index is 13.7. The van der Waals surface area contributed by atoms with E-state index < -0.39 is 0 Å². The first kappa shape index (κ1) is 18.0. The normalized spacial score (nSPS) is 16.4. The highest BCUT2D eigenvalue weighted by molar-refractivity contribution is 7.80. The number of rotatable bonds is 3. The van der Waals surface area contributed by atoms with Crippen molar-refractivity contribution < 1.29 is 18.8 Å². The summed E-state index contributed by atoms with van der Waals surface area (Å²) in [6.07, 6.45) is 0. The first-order chi connectivity index (χ1) is 13.1. The summed E-state index contributed by atoms with van der Waals surface area (Å²) in [6, 6.07) is 11.3. The van der Waals surface area contributed by atoms with Crippen molar-refractivity contribution in [3.05, 3.63) is 53.3 Å². The number of quaternary nitrogens is 1. The van der Waals surface area contributed by atoms with Gasteiger partial charge in [-0.25, -0.2) is 4.39 Å². The molecule has 0 unspecified atom stereocenters. The molecule has 7 heteroatoms. The molecule has 4 rings (SSSR count). The number of ether oxygens (including phenoxy) is 2. The third-order valence-corrected chi connectivity index (χ3v) is 5.43. The average molecular weight is 388 g/mol. The van der Waals surface area contributed by atoms with Gasteiger partial charge in [0.2, 0.25) is 6.79 Å². The van der Waals surface area contributed by atoms with Crippen molar-refractivity contribution >= 4 is 23.0 Å². The van der Waals surface area contributed by atoms with E-state index >= 15 is 0 Å². The fourth-order valence-corrected chi connectivity index (χ4v) is 3.72. The van der Waals surface area contributed by atoms with E-state index in [0.717, 1.165) is 44.2 Å². The summed E-state index contributed by atoms with van der Waals surface area (Å²) in [4.78, 5) is 3.66. The van der Waals surface area contributed by atoms with Crippen molar-refractivity contribution in [3.8, 4) is 11.5 Å². The van der Waals surface area contributed by atoms with E-state index in [9.17, 15) is 4.39 Å². The van der Waals surface area contributed by atoms with Crippen LogP contribution in [0.15, 0.2) is 36.4 Å². The van der Waals surface area contributed by atoms with Gasteiger partial charge in [0.25, 0.3) is 0 Å². The van der Waals surface area contributed by atoms with Crippen molar-refractivity contribution in [2.45, 2.75) is 13.5 Å². The molecule has 5 nitrogen and oxygen atoms in total. The number of thiocarbonyl (C=S) groups is 1. The Hall–Kier alpha value is -2.38. The molecule has 0 saturated carbocycles. The van der Waals surface area contributed by atoms with Gasteiger partial charge in [-0.05, 0) is 55.0 Å². The van der Waals surface area contributed by atoms with Crippen molar-refractivity contribution in [1.29, 1.82) is 0 Å². The highest BCUT2D eigenvalue weighted by Crippen LogP contribution is 2.32. The number of benzene rings is 2. The van der Waals surface area contributed by atoms with E-state index in [4.69, 9.17) is 21.7 Å². The number of nitrogens with zero attached hydrogens (tertiary/aromatic N) is 1. The summed E-state index contributed by atoms with van der Waals surface area (Å²) in [5.74, 6) is 1.43. The van der Waals surface area contributed by atoms with Crippen molar-refractivity contribution in [3.63, 3.8) is 0 Å². The zero-order valence-electron chi connectivity index (χ0n) is 15.3. The molecule has 2 aromatic carbocycles. The predicted octanol–water partition coefficient (Wildman–Crippen LogP) is 1.96. The lowest BCUT2D eigenvalue weighted by molar-refractivity contribution is -0.917. The zero-order valence-corrected chi connectivity index (χ0v) is 16.1. The van der Waals surface area contributed by atoms with Crippen LogP contribution in [0.2, 0.25) is 0 Å². The minimum absolute atomic E-state index is 0.221. The Morgan fingerprint density at radius 2 is 1.93 bits per heavy atom. The van der Waals surface area contributed by atoms with Gasteiger partial charge in [-0.15, -0.1) is 0 Å². The lowest BCUT2D eigenvalue weighted by Gasteiger charge is -2.34. The molecular formula is C20H23FN3O2S+. The second-order valence-corrected chi connectivity index (χ2v) is 7.38. The summed E-state index contributed by atoms with van der Waals surface area (Å²) in [6.45, 7) is 6.75. The van der Waals surface area contributed by atoms with E-state index in [0.29, 0.717) is 23.2 Å². The smallest absolute Gasteiger partial charge is 0.231 e. The summed E-state index contributed by atoms with van der Waals surface area (Å²) >= 11 is 5.51. The minimum atomic E-state index is -0.221. The van der Waals surface area contributed by atoms with Crippen LogP contribution in [0.5, 0.6) is 11.5 Å². The Balaban J connectivity index is 1.29. The molecule has 1 saturated heterocycles. The molecule has 0 atom stereocenters. The molecular weight excluding hydrogens is 365 g/mol. The highest BCUT2D eigenvalue weighted by Gasteiger charge is 2.23. The van der Waals surface area contributed by atoms with E-state index in [-0.39, 0.29) is 5.82 Å². The van der Waals surface area contributed by atoms with Crippen LogP contribution in [0.1, 0.15) is 11.1 Å². The molecule has 2 aliphatic heterocycles. The fourth-order valence-electron chi connectivity index (χ4n) is 3.42. The van der Waals surface area contributed by atoms with Crippen LogP contribution >= 0.6 is 12.2 Å². The molecule has 1 fully saturated rings. The summed E-state index contributed by atoms with van der Waals surface area (Å²) in [5.41, 5.74) is 2.57. The standard InChI is InChI=1S/C20H22FN3O2S/c1-14-2-4-16(11-17(14)21)22-20(27)24-8-6-23(7-9-24)12-15-3-5-18-19(10-15)26-13-25-18/h2-5,10-11H,6-9,12-13H2,1H3,(H,22,27)/p+1. The van der Waals surface area contributed by atoms with Gasteiger partial charge in [-0.3, -0.25) is 0 Å². The number of halogens is 1. The lowest BCUT2D eigenvalue weighted by Crippen LogP contribution is -3.13. The number of hydrogen-bond donors (Lipinski definition) is 2. The van der Waals surface area contributed by atoms with Gasteiger partial charge in [0.1, 0.15) is 12.4 Å². The maximum Gasteiger partial charge on any atom is 0.231 e. The van der Waals surface area contributed by atoms with Crippen molar-refractivity contribution in [2.24, 2.45) is 0 Å². The van der Waals surface area contributed by atoms with Crippen LogP contribution in [0.25, 0.3) is 0 Å².